The van der Waals surface area contributed by atoms with Crippen LogP contribution in [0.5, 0.6) is 0 Å². The molecule has 0 radical (unpaired) electrons. The van der Waals surface area contributed by atoms with E-state index in [1.807, 2.05) is 23.1 Å². The molecule has 1 atom stereocenters. The van der Waals surface area contributed by atoms with Crippen LogP contribution in [0.2, 0.25) is 0 Å². The number of para-hydroxylation sites is 1. The number of aryl methyl sites for hydroxylation is 1. The smallest absolute Gasteiger partial charge is 0.256 e. The van der Waals surface area contributed by atoms with Crippen molar-refractivity contribution < 1.29 is 4.79 Å². The molecule has 126 valence electrons. The molecule has 2 heterocycles. The minimum Gasteiger partial charge on any atom is -0.338 e. The van der Waals surface area contributed by atoms with E-state index in [9.17, 15) is 4.79 Å². The van der Waals surface area contributed by atoms with Gasteiger partial charge in [0, 0.05) is 31.4 Å². The van der Waals surface area contributed by atoms with Gasteiger partial charge >= 0.3 is 0 Å². The third kappa shape index (κ3) is 3.00. The van der Waals surface area contributed by atoms with Crippen LogP contribution < -0.4 is 0 Å². The van der Waals surface area contributed by atoms with Gasteiger partial charge in [0.05, 0.1) is 11.1 Å². The van der Waals surface area contributed by atoms with Gasteiger partial charge in [-0.05, 0) is 43.0 Å². The van der Waals surface area contributed by atoms with Crippen LogP contribution >= 0.6 is 0 Å². The quantitative estimate of drug-likeness (QED) is 0.714. The average Bonchev–Trinajstić information content (AvgIpc) is 2.67. The Hall–Kier alpha value is -2.75. The SMILES string of the molecule is Cc1ccccc1[C@@H]1CCCN(C(=O)c2cccc3nccnc23)C1. The van der Waals surface area contributed by atoms with Gasteiger partial charge in [-0.25, -0.2) is 0 Å². The van der Waals surface area contributed by atoms with E-state index in [1.54, 1.807) is 12.4 Å². The maximum Gasteiger partial charge on any atom is 0.256 e. The van der Waals surface area contributed by atoms with Crippen molar-refractivity contribution in [2.75, 3.05) is 13.1 Å². The van der Waals surface area contributed by atoms with Crippen molar-refractivity contribution in [3.8, 4) is 0 Å². The predicted octanol–water partition coefficient (Wildman–Crippen LogP) is 3.96. The van der Waals surface area contributed by atoms with E-state index >= 15 is 0 Å². The molecule has 1 saturated heterocycles. The Morgan fingerprint density at radius 3 is 2.80 bits per heavy atom. The second-order valence-electron chi connectivity index (χ2n) is 6.68. The van der Waals surface area contributed by atoms with Crippen molar-refractivity contribution in [3.05, 3.63) is 71.5 Å². The standard InChI is InChI=1S/C21H21N3O/c1-15-6-2-3-8-17(15)16-7-5-13-24(14-16)21(25)18-9-4-10-19-20(18)23-12-11-22-19/h2-4,6,8-12,16H,5,7,13-14H2,1H3/t16-/m1/s1. The molecule has 1 aliphatic rings. The monoisotopic (exact) mass is 331 g/mol. The fourth-order valence-corrected chi connectivity index (χ4v) is 3.80. The first-order valence-electron chi connectivity index (χ1n) is 8.78. The molecule has 0 N–H and O–H groups in total. The topological polar surface area (TPSA) is 46.1 Å². The summed E-state index contributed by atoms with van der Waals surface area (Å²) in [4.78, 5) is 23.8. The highest BCUT2D eigenvalue weighted by atomic mass is 16.2. The number of amides is 1. The third-order valence-corrected chi connectivity index (χ3v) is 5.07. The van der Waals surface area contributed by atoms with Crippen molar-refractivity contribution >= 4 is 16.9 Å². The molecule has 4 heteroatoms. The lowest BCUT2D eigenvalue weighted by molar-refractivity contribution is 0.0708. The molecule has 25 heavy (non-hydrogen) atoms. The molecule has 3 aromatic rings. The number of carbonyl (C=O) groups is 1. The summed E-state index contributed by atoms with van der Waals surface area (Å²) in [6, 6.07) is 14.1. The summed E-state index contributed by atoms with van der Waals surface area (Å²) in [5, 5.41) is 0. The highest BCUT2D eigenvalue weighted by Crippen LogP contribution is 2.30. The van der Waals surface area contributed by atoms with E-state index in [-0.39, 0.29) is 5.91 Å². The normalized spacial score (nSPS) is 17.6. The molecule has 4 rings (SSSR count). The van der Waals surface area contributed by atoms with Gasteiger partial charge in [-0.3, -0.25) is 14.8 Å². The number of carbonyl (C=O) groups excluding carboxylic acids is 1. The van der Waals surface area contributed by atoms with Gasteiger partial charge < -0.3 is 4.90 Å². The molecular formula is C21H21N3O. The molecule has 2 aromatic carbocycles. The van der Waals surface area contributed by atoms with Gasteiger partial charge in [0.2, 0.25) is 0 Å². The van der Waals surface area contributed by atoms with Crippen LogP contribution in [-0.4, -0.2) is 33.9 Å². The molecule has 1 amide bonds. The molecule has 4 nitrogen and oxygen atoms in total. The lowest BCUT2D eigenvalue weighted by Crippen LogP contribution is -2.39. The van der Waals surface area contributed by atoms with E-state index in [2.05, 4.69) is 41.2 Å². The number of likely N-dealkylation sites (tertiary alicyclic amines) is 1. The Balaban J connectivity index is 1.63. The molecule has 0 spiro atoms. The molecule has 0 unspecified atom stereocenters. The van der Waals surface area contributed by atoms with E-state index in [1.165, 1.54) is 11.1 Å². The average molecular weight is 331 g/mol. The van der Waals surface area contributed by atoms with Gasteiger partial charge in [0.1, 0.15) is 5.52 Å². The predicted molar refractivity (Wildman–Crippen MR) is 98.6 cm³/mol. The van der Waals surface area contributed by atoms with Crippen molar-refractivity contribution in [2.24, 2.45) is 0 Å². The second-order valence-corrected chi connectivity index (χ2v) is 6.68. The molecule has 0 bridgehead atoms. The Kier molecular flexibility index (Phi) is 4.18. The lowest BCUT2D eigenvalue weighted by atomic mass is 9.87. The van der Waals surface area contributed by atoms with E-state index in [4.69, 9.17) is 0 Å². The van der Waals surface area contributed by atoms with Crippen LogP contribution in [0.15, 0.2) is 54.9 Å². The Bertz CT molecular complexity index is 916. The van der Waals surface area contributed by atoms with Crippen LogP contribution in [0.4, 0.5) is 0 Å². The third-order valence-electron chi connectivity index (χ3n) is 5.07. The Morgan fingerprint density at radius 2 is 1.92 bits per heavy atom. The summed E-state index contributed by atoms with van der Waals surface area (Å²) in [6.07, 6.45) is 5.46. The van der Waals surface area contributed by atoms with Gasteiger partial charge in [-0.2, -0.15) is 0 Å². The number of piperidine rings is 1. The maximum absolute atomic E-state index is 13.1. The zero-order valence-electron chi connectivity index (χ0n) is 14.4. The van der Waals surface area contributed by atoms with E-state index in [0.29, 0.717) is 17.0 Å². The number of rotatable bonds is 2. The first-order chi connectivity index (χ1) is 12.2. The van der Waals surface area contributed by atoms with Crippen molar-refractivity contribution in [1.29, 1.82) is 0 Å². The van der Waals surface area contributed by atoms with Crippen LogP contribution in [0, 0.1) is 6.92 Å². The summed E-state index contributed by atoms with van der Waals surface area (Å²) in [5.74, 6) is 0.462. The summed E-state index contributed by atoms with van der Waals surface area (Å²) in [6.45, 7) is 3.72. The van der Waals surface area contributed by atoms with E-state index < -0.39 is 0 Å². The summed E-state index contributed by atoms with van der Waals surface area (Å²) in [7, 11) is 0. The molecule has 0 saturated carbocycles. The van der Waals surface area contributed by atoms with Crippen molar-refractivity contribution in [2.45, 2.75) is 25.7 Å². The van der Waals surface area contributed by atoms with Gasteiger partial charge in [-0.1, -0.05) is 30.3 Å². The number of benzene rings is 2. The first kappa shape index (κ1) is 15.8. The van der Waals surface area contributed by atoms with Crippen LogP contribution in [0.1, 0.15) is 40.2 Å². The number of hydrogen-bond acceptors (Lipinski definition) is 3. The largest absolute Gasteiger partial charge is 0.338 e. The van der Waals surface area contributed by atoms with E-state index in [0.717, 1.165) is 31.4 Å². The molecule has 0 aliphatic carbocycles. The Morgan fingerprint density at radius 1 is 1.08 bits per heavy atom. The number of fused-ring (bicyclic) bond motifs is 1. The summed E-state index contributed by atoms with van der Waals surface area (Å²) < 4.78 is 0. The van der Waals surface area contributed by atoms with Crippen molar-refractivity contribution in [3.63, 3.8) is 0 Å². The van der Waals surface area contributed by atoms with Gasteiger partial charge in [-0.15, -0.1) is 0 Å². The van der Waals surface area contributed by atoms with Gasteiger partial charge in [0.25, 0.3) is 5.91 Å². The summed E-state index contributed by atoms with van der Waals surface area (Å²) >= 11 is 0. The Labute approximate surface area is 147 Å². The minimum absolute atomic E-state index is 0.0596. The number of aromatic nitrogens is 2. The lowest BCUT2D eigenvalue weighted by Gasteiger charge is -2.34. The summed E-state index contributed by atoms with van der Waals surface area (Å²) in [5.41, 5.74) is 4.76. The number of nitrogens with zero attached hydrogens (tertiary/aromatic N) is 3. The molecular weight excluding hydrogens is 310 g/mol. The molecule has 1 aromatic heterocycles. The van der Waals surface area contributed by atoms with Crippen molar-refractivity contribution in [1.82, 2.24) is 14.9 Å². The second kappa shape index (κ2) is 6.63. The first-order valence-corrected chi connectivity index (χ1v) is 8.78. The fraction of sp³-hybridized carbons (Fsp3) is 0.286. The molecule has 1 fully saturated rings. The number of hydrogen-bond donors (Lipinski definition) is 0. The fourth-order valence-electron chi connectivity index (χ4n) is 3.80. The highest BCUT2D eigenvalue weighted by Gasteiger charge is 2.27. The highest BCUT2D eigenvalue weighted by molar-refractivity contribution is 6.04. The zero-order chi connectivity index (χ0) is 17.2. The van der Waals surface area contributed by atoms with Gasteiger partial charge in [0.15, 0.2) is 0 Å². The van der Waals surface area contributed by atoms with Crippen LogP contribution in [0.3, 0.4) is 0 Å². The zero-order valence-corrected chi connectivity index (χ0v) is 14.4. The molecule has 1 aliphatic heterocycles. The van der Waals surface area contributed by atoms with Crippen LogP contribution in [0.25, 0.3) is 11.0 Å². The minimum atomic E-state index is 0.0596. The maximum atomic E-state index is 13.1. The van der Waals surface area contributed by atoms with Crippen LogP contribution in [-0.2, 0) is 0 Å².